The van der Waals surface area contributed by atoms with E-state index < -0.39 is 29.4 Å². The van der Waals surface area contributed by atoms with E-state index in [1.165, 1.54) is 25.3 Å². The summed E-state index contributed by atoms with van der Waals surface area (Å²) in [6.07, 6.45) is -1.21. The van der Waals surface area contributed by atoms with Crippen LogP contribution in [0.4, 0.5) is 4.39 Å². The maximum absolute atomic E-state index is 14.6. The molecule has 0 spiro atoms. The lowest BCUT2D eigenvalue weighted by Crippen LogP contribution is -2.28. The molecule has 1 aliphatic heterocycles. The molecular formula is C31H34FNO5. The van der Waals surface area contributed by atoms with Crippen LogP contribution >= 0.6 is 0 Å². The van der Waals surface area contributed by atoms with E-state index in [1.807, 2.05) is 65.8 Å². The summed E-state index contributed by atoms with van der Waals surface area (Å²) in [5, 5.41) is 10.3. The van der Waals surface area contributed by atoms with Crippen LogP contribution in [0.2, 0.25) is 0 Å². The Morgan fingerprint density at radius 3 is 2.13 bits per heavy atom. The number of carbonyl (C=O) groups is 2. The lowest BCUT2D eigenvalue weighted by Gasteiger charge is -2.29. The fourth-order valence-electron chi connectivity index (χ4n) is 5.14. The molecule has 0 saturated carbocycles. The number of benzene rings is 3. The Morgan fingerprint density at radius 2 is 1.58 bits per heavy atom. The smallest absolute Gasteiger partial charge is 0.337 e. The number of fused-ring (bicyclic) bond motifs is 1. The van der Waals surface area contributed by atoms with Gasteiger partial charge < -0.3 is 19.5 Å². The Morgan fingerprint density at radius 1 is 0.974 bits per heavy atom. The molecule has 1 amide bonds. The molecule has 38 heavy (non-hydrogen) atoms. The van der Waals surface area contributed by atoms with E-state index in [-0.39, 0.29) is 18.7 Å². The minimum absolute atomic E-state index is 0.0640. The summed E-state index contributed by atoms with van der Waals surface area (Å²) in [5.74, 6) is -1.76. The molecule has 0 bridgehead atoms. The van der Waals surface area contributed by atoms with E-state index in [1.54, 1.807) is 4.90 Å². The molecule has 1 heterocycles. The van der Waals surface area contributed by atoms with Crippen molar-refractivity contribution in [3.63, 3.8) is 0 Å². The molecule has 0 radical (unpaired) electrons. The molecule has 0 unspecified atom stereocenters. The molecule has 0 fully saturated rings. The number of aryl methyl sites for hydroxylation is 1. The Hall–Kier alpha value is -3.71. The van der Waals surface area contributed by atoms with E-state index in [0.29, 0.717) is 11.3 Å². The van der Waals surface area contributed by atoms with Crippen molar-refractivity contribution >= 4 is 11.9 Å². The number of halogens is 1. The van der Waals surface area contributed by atoms with Crippen LogP contribution in [0.15, 0.2) is 42.5 Å². The van der Waals surface area contributed by atoms with Crippen LogP contribution in [-0.4, -0.2) is 34.6 Å². The van der Waals surface area contributed by atoms with Crippen molar-refractivity contribution in [2.24, 2.45) is 0 Å². The van der Waals surface area contributed by atoms with Crippen molar-refractivity contribution in [3.8, 4) is 16.9 Å². The highest BCUT2D eigenvalue weighted by atomic mass is 19.1. The molecule has 0 aromatic heterocycles. The molecular weight excluding hydrogens is 485 g/mol. The van der Waals surface area contributed by atoms with Gasteiger partial charge in [0.1, 0.15) is 11.6 Å². The predicted octanol–water partition coefficient (Wildman–Crippen LogP) is 6.52. The highest BCUT2D eigenvalue weighted by molar-refractivity contribution is 5.95. The van der Waals surface area contributed by atoms with Gasteiger partial charge in [0.2, 0.25) is 0 Å². The summed E-state index contributed by atoms with van der Waals surface area (Å²) < 4.78 is 25.9. The molecule has 200 valence electrons. The van der Waals surface area contributed by atoms with Gasteiger partial charge in [0.15, 0.2) is 6.10 Å². The molecule has 1 N–H and O–H groups in total. The van der Waals surface area contributed by atoms with Gasteiger partial charge in [-0.05, 0) is 93.1 Å². The van der Waals surface area contributed by atoms with Gasteiger partial charge >= 0.3 is 5.97 Å². The van der Waals surface area contributed by atoms with Crippen LogP contribution < -0.4 is 4.74 Å². The predicted molar refractivity (Wildman–Crippen MR) is 144 cm³/mol. The number of carbonyl (C=O) groups excluding carboxylic acids is 1. The van der Waals surface area contributed by atoms with Crippen molar-refractivity contribution in [1.82, 2.24) is 4.90 Å². The minimum atomic E-state index is -1.21. The lowest BCUT2D eigenvalue weighted by atomic mass is 9.83. The summed E-state index contributed by atoms with van der Waals surface area (Å²) in [6, 6.07) is 12.0. The van der Waals surface area contributed by atoms with Crippen molar-refractivity contribution in [2.75, 3.05) is 7.11 Å². The third-order valence-electron chi connectivity index (χ3n) is 7.01. The zero-order valence-electron chi connectivity index (χ0n) is 22.9. The molecule has 6 nitrogen and oxygen atoms in total. The van der Waals surface area contributed by atoms with Gasteiger partial charge in [-0.3, -0.25) is 4.79 Å². The van der Waals surface area contributed by atoms with Crippen LogP contribution in [0.1, 0.15) is 70.6 Å². The standard InChI is InChI=1S/C31H34FNO5/c1-17-8-10-20(11-9-17)26-18(2)23-15-33(29(34)22-14-21(37-7)12-13-25(22)32)16-24(23)19(3)27(26)28(30(35)36)38-31(4,5)6/h8-14,28H,15-16H2,1-7H3,(H,35,36)/t28-/m0/s1. The number of hydrogen-bond donors (Lipinski definition) is 1. The Bertz CT molecular complexity index is 1410. The Balaban J connectivity index is 1.89. The first kappa shape index (κ1) is 27.3. The lowest BCUT2D eigenvalue weighted by molar-refractivity contribution is -0.160. The highest BCUT2D eigenvalue weighted by Gasteiger charge is 2.37. The molecule has 0 saturated heterocycles. The van der Waals surface area contributed by atoms with Crippen LogP contribution in [0.5, 0.6) is 5.75 Å². The average molecular weight is 520 g/mol. The molecule has 3 aromatic rings. The summed E-state index contributed by atoms with van der Waals surface area (Å²) >= 11 is 0. The Labute approximate surface area is 223 Å². The molecule has 0 aliphatic carbocycles. The average Bonchev–Trinajstić information content (AvgIpc) is 3.31. The summed E-state index contributed by atoms with van der Waals surface area (Å²) in [4.78, 5) is 27.6. The zero-order valence-corrected chi connectivity index (χ0v) is 22.9. The monoisotopic (exact) mass is 519 g/mol. The number of ether oxygens (including phenoxy) is 2. The maximum atomic E-state index is 14.6. The maximum Gasteiger partial charge on any atom is 0.337 e. The van der Waals surface area contributed by atoms with Gasteiger partial charge in [-0.1, -0.05) is 29.8 Å². The normalized spacial score (nSPS) is 13.8. The fraction of sp³-hybridized carbons (Fsp3) is 0.355. The Kier molecular flexibility index (Phi) is 7.35. The third kappa shape index (κ3) is 5.16. The van der Waals surface area contributed by atoms with Gasteiger partial charge in [0.05, 0.1) is 18.3 Å². The second kappa shape index (κ2) is 10.2. The molecule has 1 atom stereocenters. The number of carboxylic acids is 1. The van der Waals surface area contributed by atoms with Crippen LogP contribution in [-0.2, 0) is 22.6 Å². The van der Waals surface area contributed by atoms with E-state index in [4.69, 9.17) is 9.47 Å². The van der Waals surface area contributed by atoms with Crippen molar-refractivity contribution in [3.05, 3.63) is 87.2 Å². The first-order chi connectivity index (χ1) is 17.8. The summed E-state index contributed by atoms with van der Waals surface area (Å²) in [7, 11) is 1.46. The molecule has 7 heteroatoms. The fourth-order valence-corrected chi connectivity index (χ4v) is 5.14. The van der Waals surface area contributed by atoms with E-state index in [2.05, 4.69) is 0 Å². The quantitative estimate of drug-likeness (QED) is 0.401. The number of methoxy groups -OCH3 is 1. The van der Waals surface area contributed by atoms with Gasteiger partial charge in [0.25, 0.3) is 5.91 Å². The first-order valence-corrected chi connectivity index (χ1v) is 12.6. The van der Waals surface area contributed by atoms with E-state index >= 15 is 0 Å². The van der Waals surface area contributed by atoms with E-state index in [9.17, 15) is 19.1 Å². The molecule has 1 aliphatic rings. The van der Waals surface area contributed by atoms with Gasteiger partial charge in [-0.2, -0.15) is 0 Å². The number of nitrogens with zero attached hydrogens (tertiary/aromatic N) is 1. The van der Waals surface area contributed by atoms with Gasteiger partial charge in [0, 0.05) is 18.7 Å². The van der Waals surface area contributed by atoms with Crippen molar-refractivity contribution in [2.45, 2.75) is 66.3 Å². The number of aliphatic carboxylic acids is 1. The van der Waals surface area contributed by atoms with Crippen LogP contribution in [0.25, 0.3) is 11.1 Å². The van der Waals surface area contributed by atoms with Crippen molar-refractivity contribution < 1.29 is 28.6 Å². The SMILES string of the molecule is COc1ccc(F)c(C(=O)N2Cc3c(C)c(-c4ccc(C)cc4)c([C@H](OC(C)(C)C)C(=O)O)c(C)c3C2)c1. The van der Waals surface area contributed by atoms with Gasteiger partial charge in [-0.25, -0.2) is 9.18 Å². The van der Waals surface area contributed by atoms with Gasteiger partial charge in [-0.15, -0.1) is 0 Å². The number of hydrogen-bond acceptors (Lipinski definition) is 4. The largest absolute Gasteiger partial charge is 0.497 e. The summed E-state index contributed by atoms with van der Waals surface area (Å²) in [5.41, 5.74) is 6.02. The van der Waals surface area contributed by atoms with Crippen LogP contribution in [0.3, 0.4) is 0 Å². The number of carboxylic acid groups (broad SMARTS) is 1. The van der Waals surface area contributed by atoms with Crippen LogP contribution in [0, 0.1) is 26.6 Å². The zero-order chi connectivity index (χ0) is 27.9. The number of rotatable bonds is 6. The number of amides is 1. The van der Waals surface area contributed by atoms with E-state index in [0.717, 1.165) is 38.9 Å². The summed E-state index contributed by atoms with van der Waals surface area (Å²) in [6.45, 7) is 11.8. The minimum Gasteiger partial charge on any atom is -0.497 e. The second-order valence-corrected chi connectivity index (χ2v) is 10.8. The first-order valence-electron chi connectivity index (χ1n) is 12.6. The highest BCUT2D eigenvalue weighted by Crippen LogP contribution is 2.44. The molecule has 3 aromatic carbocycles. The second-order valence-electron chi connectivity index (χ2n) is 10.8. The topological polar surface area (TPSA) is 76.1 Å². The third-order valence-corrected chi connectivity index (χ3v) is 7.01. The van der Waals surface area contributed by atoms with Crippen molar-refractivity contribution in [1.29, 1.82) is 0 Å². The molecule has 4 rings (SSSR count).